The Labute approximate surface area is 120 Å². The number of rotatable bonds is 3. The number of nitro groups is 1. The number of nitrogens with zero attached hydrogens (tertiary/aromatic N) is 1. The van der Waals surface area contributed by atoms with Gasteiger partial charge in [-0.3, -0.25) is 10.1 Å². The number of hydrogen-bond donors (Lipinski definition) is 2. The molecule has 116 valence electrons. The highest BCUT2D eigenvalue weighted by molar-refractivity contribution is 5.43. The van der Waals surface area contributed by atoms with E-state index in [9.17, 15) is 18.9 Å². The summed E-state index contributed by atoms with van der Waals surface area (Å²) in [5.41, 5.74) is 2.82. The molecule has 2 rings (SSSR count). The van der Waals surface area contributed by atoms with Gasteiger partial charge in [-0.15, -0.1) is 0 Å². The second-order valence-electron chi connectivity index (χ2n) is 6.13. The Morgan fingerprint density at radius 2 is 1.95 bits per heavy atom. The summed E-state index contributed by atoms with van der Waals surface area (Å²) >= 11 is 0. The molecule has 0 aromatic heterocycles. The van der Waals surface area contributed by atoms with Crippen LogP contribution in [0, 0.1) is 10.1 Å². The highest BCUT2D eigenvalue weighted by atomic mass is 19.3. The summed E-state index contributed by atoms with van der Waals surface area (Å²) in [6.45, 7) is 2.00. The predicted octanol–water partition coefficient (Wildman–Crippen LogP) is 1.79. The topological polar surface area (TPSA) is 89.4 Å². The van der Waals surface area contributed by atoms with Gasteiger partial charge in [0.2, 0.25) is 0 Å². The van der Waals surface area contributed by atoms with E-state index < -0.39 is 34.4 Å². The van der Waals surface area contributed by atoms with Crippen LogP contribution in [0.2, 0.25) is 0 Å². The Kier molecular flexibility index (Phi) is 3.54. The molecule has 0 fully saturated rings. The summed E-state index contributed by atoms with van der Waals surface area (Å²) in [5.74, 6) is -3.96. The smallest absolute Gasteiger partial charge is 0.344 e. The Morgan fingerprint density at radius 1 is 1.43 bits per heavy atom. The van der Waals surface area contributed by atoms with Gasteiger partial charge in [-0.25, -0.2) is 0 Å². The van der Waals surface area contributed by atoms with Crippen LogP contribution in [-0.4, -0.2) is 28.6 Å². The van der Waals surface area contributed by atoms with E-state index in [1.165, 1.54) is 12.1 Å². The van der Waals surface area contributed by atoms with Gasteiger partial charge in [0.25, 0.3) is 0 Å². The lowest BCUT2D eigenvalue weighted by atomic mass is 9.61. The van der Waals surface area contributed by atoms with Crippen molar-refractivity contribution in [3.8, 4) is 0 Å². The Balaban J connectivity index is 2.86. The van der Waals surface area contributed by atoms with Crippen LogP contribution in [0.25, 0.3) is 0 Å². The average molecular weight is 300 g/mol. The van der Waals surface area contributed by atoms with Crippen molar-refractivity contribution in [3.63, 3.8) is 0 Å². The van der Waals surface area contributed by atoms with E-state index in [1.807, 2.05) is 13.8 Å². The molecule has 1 aliphatic carbocycles. The molecule has 0 amide bonds. The maximum absolute atomic E-state index is 14.4. The molecule has 0 saturated carbocycles. The van der Waals surface area contributed by atoms with Crippen molar-refractivity contribution in [1.82, 2.24) is 0 Å². The van der Waals surface area contributed by atoms with Crippen LogP contribution in [0.3, 0.4) is 0 Å². The molecule has 1 unspecified atom stereocenters. The zero-order valence-corrected chi connectivity index (χ0v) is 11.8. The Hall–Kier alpha value is -1.60. The van der Waals surface area contributed by atoms with Gasteiger partial charge in [-0.05, 0) is 17.4 Å². The van der Waals surface area contributed by atoms with Crippen molar-refractivity contribution >= 4 is 0 Å². The molecule has 0 heterocycles. The molecule has 0 radical (unpaired) electrons. The zero-order chi connectivity index (χ0) is 16.1. The number of hydrogen-bond acceptors (Lipinski definition) is 4. The second kappa shape index (κ2) is 4.71. The van der Waals surface area contributed by atoms with Crippen molar-refractivity contribution in [1.29, 1.82) is 0 Å². The van der Waals surface area contributed by atoms with Gasteiger partial charge in [0.15, 0.2) is 0 Å². The van der Waals surface area contributed by atoms with Gasteiger partial charge in [-0.2, -0.15) is 8.78 Å². The molecule has 1 aliphatic rings. The SMILES string of the molecule is CC1(C)CC(N)[C@@]([N+](=O)[O-])(C(F)(F)CO)c2ccccc21. The second-order valence-corrected chi connectivity index (χ2v) is 6.13. The summed E-state index contributed by atoms with van der Waals surface area (Å²) < 4.78 is 28.7. The lowest BCUT2D eigenvalue weighted by Gasteiger charge is -2.45. The first-order valence-corrected chi connectivity index (χ1v) is 6.60. The van der Waals surface area contributed by atoms with Crippen molar-refractivity contribution in [2.75, 3.05) is 6.61 Å². The van der Waals surface area contributed by atoms with E-state index in [1.54, 1.807) is 12.1 Å². The third kappa shape index (κ3) is 1.95. The Bertz CT molecular complexity index is 577. The molecular formula is C14H18F2N2O3. The van der Waals surface area contributed by atoms with Gasteiger partial charge < -0.3 is 10.8 Å². The fourth-order valence-electron chi connectivity index (χ4n) is 3.37. The van der Waals surface area contributed by atoms with Crippen molar-refractivity contribution in [2.24, 2.45) is 5.73 Å². The highest BCUT2D eigenvalue weighted by Crippen LogP contribution is 2.52. The lowest BCUT2D eigenvalue weighted by Crippen LogP contribution is -2.67. The van der Waals surface area contributed by atoms with Crippen molar-refractivity contribution < 1.29 is 18.8 Å². The largest absolute Gasteiger partial charge is 0.390 e. The van der Waals surface area contributed by atoms with Crippen LogP contribution in [0.15, 0.2) is 24.3 Å². The first-order chi connectivity index (χ1) is 9.61. The van der Waals surface area contributed by atoms with Crippen molar-refractivity contribution in [2.45, 2.75) is 43.2 Å². The third-order valence-electron chi connectivity index (χ3n) is 4.38. The predicted molar refractivity (Wildman–Crippen MR) is 72.8 cm³/mol. The minimum atomic E-state index is -3.96. The molecule has 0 spiro atoms. The number of nitrogens with two attached hydrogens (primary N) is 1. The highest BCUT2D eigenvalue weighted by Gasteiger charge is 2.71. The number of aliphatic hydroxyl groups is 1. The van der Waals surface area contributed by atoms with Gasteiger partial charge in [0.05, 0.1) is 6.04 Å². The molecule has 5 nitrogen and oxygen atoms in total. The van der Waals surface area contributed by atoms with E-state index in [0.29, 0.717) is 5.56 Å². The number of fused-ring (bicyclic) bond motifs is 1. The molecule has 1 aromatic carbocycles. The van der Waals surface area contributed by atoms with Gasteiger partial charge in [0.1, 0.15) is 6.61 Å². The van der Waals surface area contributed by atoms with E-state index >= 15 is 0 Å². The first-order valence-electron chi connectivity index (χ1n) is 6.60. The standard InChI is InChI=1S/C14H18F2N2O3/c1-12(2)7-11(17)14(18(20)21,13(15,16)8-19)10-6-4-3-5-9(10)12/h3-6,11,19H,7-8,17H2,1-2H3/t11?,14-/m1/s1. The molecule has 2 atom stereocenters. The van der Waals surface area contributed by atoms with Crippen LogP contribution in [0.5, 0.6) is 0 Å². The fourth-order valence-corrected chi connectivity index (χ4v) is 3.37. The van der Waals surface area contributed by atoms with Crippen LogP contribution in [0.4, 0.5) is 8.78 Å². The monoisotopic (exact) mass is 300 g/mol. The van der Waals surface area contributed by atoms with Gasteiger partial charge >= 0.3 is 11.5 Å². The minimum absolute atomic E-state index is 0.0284. The maximum Gasteiger partial charge on any atom is 0.344 e. The van der Waals surface area contributed by atoms with Crippen LogP contribution in [0.1, 0.15) is 31.4 Å². The van der Waals surface area contributed by atoms with E-state index in [2.05, 4.69) is 0 Å². The summed E-state index contributed by atoms with van der Waals surface area (Å²) in [7, 11) is 0. The minimum Gasteiger partial charge on any atom is -0.390 e. The molecule has 0 bridgehead atoms. The fraction of sp³-hybridized carbons (Fsp3) is 0.571. The quantitative estimate of drug-likeness (QED) is 0.658. The molecule has 1 aromatic rings. The molecule has 7 heteroatoms. The summed E-state index contributed by atoms with van der Waals surface area (Å²) in [4.78, 5) is 10.6. The van der Waals surface area contributed by atoms with Gasteiger partial charge in [0, 0.05) is 10.5 Å². The van der Waals surface area contributed by atoms with Gasteiger partial charge in [-0.1, -0.05) is 38.1 Å². The Morgan fingerprint density at radius 3 is 2.43 bits per heavy atom. The summed E-state index contributed by atoms with van der Waals surface area (Å²) in [6.07, 6.45) is 0.0284. The summed E-state index contributed by atoms with van der Waals surface area (Å²) in [5, 5.41) is 20.6. The molecule has 21 heavy (non-hydrogen) atoms. The normalized spacial score (nSPS) is 28.0. The molecule has 0 saturated heterocycles. The van der Waals surface area contributed by atoms with Crippen LogP contribution in [-0.2, 0) is 11.0 Å². The molecule has 0 aliphatic heterocycles. The van der Waals surface area contributed by atoms with E-state index in [-0.39, 0.29) is 12.0 Å². The number of halogens is 2. The lowest BCUT2D eigenvalue weighted by molar-refractivity contribution is -0.617. The number of alkyl halides is 2. The molecular weight excluding hydrogens is 282 g/mol. The van der Waals surface area contributed by atoms with E-state index in [0.717, 1.165) is 0 Å². The zero-order valence-electron chi connectivity index (χ0n) is 11.8. The third-order valence-corrected chi connectivity index (χ3v) is 4.38. The van der Waals surface area contributed by atoms with Crippen LogP contribution >= 0.6 is 0 Å². The molecule has 3 N–H and O–H groups in total. The van der Waals surface area contributed by atoms with Crippen LogP contribution < -0.4 is 5.73 Å². The first kappa shape index (κ1) is 15.8. The van der Waals surface area contributed by atoms with E-state index in [4.69, 9.17) is 10.8 Å². The average Bonchev–Trinajstić information content (AvgIpc) is 2.37. The number of aliphatic hydroxyl groups excluding tert-OH is 1. The summed E-state index contributed by atoms with van der Waals surface area (Å²) in [6, 6.07) is 4.63. The van der Waals surface area contributed by atoms with Crippen molar-refractivity contribution in [3.05, 3.63) is 45.5 Å². The maximum atomic E-state index is 14.4. The number of benzene rings is 1.